The van der Waals surface area contributed by atoms with Crippen LogP contribution in [0.15, 0.2) is 53.4 Å². The van der Waals surface area contributed by atoms with E-state index in [2.05, 4.69) is 22.0 Å². The van der Waals surface area contributed by atoms with Crippen molar-refractivity contribution in [2.24, 2.45) is 0 Å². The maximum Gasteiger partial charge on any atom is 0.261 e. The minimum Gasteiger partial charge on any atom is -0.351 e. The van der Waals surface area contributed by atoms with E-state index < -0.39 is 10.0 Å². The third-order valence-corrected chi connectivity index (χ3v) is 6.90. The number of carbonyl (C=O) groups excluding carboxylic acids is 1. The number of nitrogens with one attached hydrogen (secondary N) is 2. The van der Waals surface area contributed by atoms with Crippen molar-refractivity contribution >= 4 is 21.6 Å². The zero-order valence-electron chi connectivity index (χ0n) is 17.0. The van der Waals surface area contributed by atoms with Crippen LogP contribution >= 0.6 is 0 Å². The molecule has 156 valence electrons. The van der Waals surface area contributed by atoms with Gasteiger partial charge < -0.3 is 10.2 Å². The summed E-state index contributed by atoms with van der Waals surface area (Å²) in [6.07, 6.45) is 5.04. The van der Waals surface area contributed by atoms with Crippen LogP contribution in [0.1, 0.15) is 41.6 Å². The summed E-state index contributed by atoms with van der Waals surface area (Å²) in [5.74, 6) is -0.194. The van der Waals surface area contributed by atoms with Gasteiger partial charge in [-0.05, 0) is 62.7 Å². The topological polar surface area (TPSA) is 78.5 Å². The predicted octanol–water partition coefficient (Wildman–Crippen LogP) is 3.40. The van der Waals surface area contributed by atoms with Crippen LogP contribution in [0.4, 0.5) is 5.69 Å². The first-order valence-corrected chi connectivity index (χ1v) is 11.5. The summed E-state index contributed by atoms with van der Waals surface area (Å²) < 4.78 is 27.8. The molecule has 7 heteroatoms. The van der Waals surface area contributed by atoms with Gasteiger partial charge in [-0.2, -0.15) is 0 Å². The number of anilines is 1. The number of carbonyl (C=O) groups is 1. The first-order valence-electron chi connectivity index (χ1n) is 10.0. The monoisotopic (exact) mass is 415 g/mol. The maximum absolute atomic E-state index is 12.6. The van der Waals surface area contributed by atoms with Crippen LogP contribution in [0.25, 0.3) is 0 Å². The maximum atomic E-state index is 12.6. The number of para-hydroxylation sites is 1. The molecule has 0 radical (unpaired) electrons. The van der Waals surface area contributed by atoms with Crippen LogP contribution in [-0.2, 0) is 10.0 Å². The van der Waals surface area contributed by atoms with E-state index in [1.807, 2.05) is 19.1 Å². The number of sulfonamides is 1. The Morgan fingerprint density at radius 2 is 1.72 bits per heavy atom. The molecular formula is C22H29N3O3S. The third kappa shape index (κ3) is 5.58. The smallest absolute Gasteiger partial charge is 0.261 e. The molecule has 1 fully saturated rings. The van der Waals surface area contributed by atoms with Crippen LogP contribution in [0.5, 0.6) is 0 Å². The second-order valence-corrected chi connectivity index (χ2v) is 9.30. The van der Waals surface area contributed by atoms with Gasteiger partial charge in [-0.15, -0.1) is 0 Å². The van der Waals surface area contributed by atoms with Crippen LogP contribution in [0.2, 0.25) is 0 Å². The summed E-state index contributed by atoms with van der Waals surface area (Å²) >= 11 is 0. The summed E-state index contributed by atoms with van der Waals surface area (Å²) in [4.78, 5) is 14.8. The third-order valence-electron chi connectivity index (χ3n) is 5.51. The van der Waals surface area contributed by atoms with Gasteiger partial charge in [-0.3, -0.25) is 9.52 Å². The summed E-state index contributed by atoms with van der Waals surface area (Å²) in [7, 11) is -1.60. The summed E-state index contributed by atoms with van der Waals surface area (Å²) in [6, 6.07) is 13.8. The highest BCUT2D eigenvalue weighted by Crippen LogP contribution is 2.22. The van der Waals surface area contributed by atoms with Gasteiger partial charge in [0.05, 0.1) is 10.6 Å². The van der Waals surface area contributed by atoms with E-state index in [0.717, 1.165) is 12.1 Å². The number of aryl methyl sites for hydroxylation is 1. The molecule has 0 saturated heterocycles. The van der Waals surface area contributed by atoms with E-state index >= 15 is 0 Å². The van der Waals surface area contributed by atoms with Crippen molar-refractivity contribution < 1.29 is 13.2 Å². The SMILES string of the molecule is Cc1ccccc1NS(=O)(=O)c1ccc(C(=O)NCCN(C)C2CCCC2)cc1. The first kappa shape index (κ1) is 21.3. The second kappa shape index (κ2) is 9.41. The fourth-order valence-electron chi connectivity index (χ4n) is 3.65. The molecule has 1 aliphatic rings. The Hall–Kier alpha value is -2.38. The van der Waals surface area contributed by atoms with Gasteiger partial charge in [0.25, 0.3) is 15.9 Å². The van der Waals surface area contributed by atoms with Gasteiger partial charge >= 0.3 is 0 Å². The van der Waals surface area contributed by atoms with E-state index in [1.54, 1.807) is 24.3 Å². The van der Waals surface area contributed by atoms with Crippen molar-refractivity contribution in [1.82, 2.24) is 10.2 Å². The van der Waals surface area contributed by atoms with Gasteiger partial charge in [-0.1, -0.05) is 31.0 Å². The number of benzene rings is 2. The molecule has 0 spiro atoms. The lowest BCUT2D eigenvalue weighted by atomic mass is 10.2. The summed E-state index contributed by atoms with van der Waals surface area (Å²) in [5, 5.41) is 2.91. The predicted molar refractivity (Wildman–Crippen MR) is 116 cm³/mol. The van der Waals surface area contributed by atoms with Gasteiger partial charge in [0, 0.05) is 24.7 Å². The van der Waals surface area contributed by atoms with E-state index in [-0.39, 0.29) is 10.8 Å². The van der Waals surface area contributed by atoms with Crippen molar-refractivity contribution in [3.05, 3.63) is 59.7 Å². The molecule has 1 saturated carbocycles. The fourth-order valence-corrected chi connectivity index (χ4v) is 4.78. The van der Waals surface area contributed by atoms with Crippen LogP contribution in [0.3, 0.4) is 0 Å². The second-order valence-electron chi connectivity index (χ2n) is 7.62. The number of amides is 1. The molecule has 0 heterocycles. The van der Waals surface area contributed by atoms with Crippen LogP contribution < -0.4 is 10.0 Å². The number of likely N-dealkylation sites (N-methyl/N-ethyl adjacent to an activating group) is 1. The lowest BCUT2D eigenvalue weighted by molar-refractivity contribution is 0.0947. The highest BCUT2D eigenvalue weighted by Gasteiger charge is 2.19. The quantitative estimate of drug-likeness (QED) is 0.693. The minimum atomic E-state index is -3.70. The Morgan fingerprint density at radius 3 is 2.38 bits per heavy atom. The van der Waals surface area contributed by atoms with Gasteiger partial charge in [-0.25, -0.2) is 8.42 Å². The normalized spacial score (nSPS) is 14.9. The molecule has 3 rings (SSSR count). The molecule has 0 bridgehead atoms. The molecule has 2 aromatic carbocycles. The molecule has 2 aromatic rings. The van der Waals surface area contributed by atoms with Gasteiger partial charge in [0.1, 0.15) is 0 Å². The standard InChI is InChI=1S/C22H29N3O3S/c1-17-7-3-6-10-21(17)24-29(27,28)20-13-11-18(12-14-20)22(26)23-15-16-25(2)19-8-4-5-9-19/h3,6-7,10-14,19,24H,4-5,8-9,15-16H2,1-2H3,(H,23,26). The highest BCUT2D eigenvalue weighted by atomic mass is 32.2. The molecule has 6 nitrogen and oxygen atoms in total. The summed E-state index contributed by atoms with van der Waals surface area (Å²) in [5.41, 5.74) is 1.83. The fraction of sp³-hybridized carbons (Fsp3) is 0.409. The van der Waals surface area contributed by atoms with E-state index in [4.69, 9.17) is 0 Å². The molecule has 0 aromatic heterocycles. The Bertz CT molecular complexity index is 936. The first-order chi connectivity index (χ1) is 13.9. The number of hydrogen-bond donors (Lipinski definition) is 2. The molecule has 0 aliphatic heterocycles. The highest BCUT2D eigenvalue weighted by molar-refractivity contribution is 7.92. The Kier molecular flexibility index (Phi) is 6.92. The van der Waals surface area contributed by atoms with Crippen LogP contribution in [-0.4, -0.2) is 45.4 Å². The van der Waals surface area contributed by atoms with Gasteiger partial charge in [0.2, 0.25) is 0 Å². The minimum absolute atomic E-state index is 0.123. The van der Waals surface area contributed by atoms with E-state index in [0.29, 0.717) is 23.8 Å². The molecule has 29 heavy (non-hydrogen) atoms. The Labute approximate surface area is 173 Å². The molecule has 0 atom stereocenters. The number of rotatable bonds is 8. The van der Waals surface area contributed by atoms with Crippen molar-refractivity contribution in [2.75, 3.05) is 24.9 Å². The van der Waals surface area contributed by atoms with Crippen molar-refractivity contribution in [3.63, 3.8) is 0 Å². The molecule has 2 N–H and O–H groups in total. The van der Waals surface area contributed by atoms with Crippen molar-refractivity contribution in [2.45, 2.75) is 43.5 Å². The average molecular weight is 416 g/mol. The number of hydrogen-bond acceptors (Lipinski definition) is 4. The lowest BCUT2D eigenvalue weighted by Crippen LogP contribution is -2.37. The van der Waals surface area contributed by atoms with E-state index in [1.165, 1.54) is 37.8 Å². The van der Waals surface area contributed by atoms with Crippen LogP contribution in [0, 0.1) is 6.92 Å². The van der Waals surface area contributed by atoms with Crippen molar-refractivity contribution in [1.29, 1.82) is 0 Å². The largest absolute Gasteiger partial charge is 0.351 e. The summed E-state index contributed by atoms with van der Waals surface area (Å²) in [6.45, 7) is 3.22. The zero-order valence-corrected chi connectivity index (χ0v) is 17.8. The molecule has 1 amide bonds. The zero-order chi connectivity index (χ0) is 20.9. The number of nitrogens with zero attached hydrogens (tertiary/aromatic N) is 1. The molecular weight excluding hydrogens is 386 g/mol. The Morgan fingerprint density at radius 1 is 1.07 bits per heavy atom. The Balaban J connectivity index is 1.56. The average Bonchev–Trinajstić information content (AvgIpc) is 3.24. The van der Waals surface area contributed by atoms with E-state index in [9.17, 15) is 13.2 Å². The van der Waals surface area contributed by atoms with Crippen molar-refractivity contribution in [3.8, 4) is 0 Å². The van der Waals surface area contributed by atoms with Gasteiger partial charge in [0.15, 0.2) is 0 Å². The molecule has 1 aliphatic carbocycles. The molecule has 0 unspecified atom stereocenters. The lowest BCUT2D eigenvalue weighted by Gasteiger charge is -2.23.